The number of hydrogen-bond acceptors (Lipinski definition) is 5. The molecule has 0 fully saturated rings. The van der Waals surface area contributed by atoms with E-state index >= 15 is 0 Å². The SMILES string of the molecule is COc1c(Cl)cc(CC(CN)CO)c(OC)c1OC. The summed E-state index contributed by atoms with van der Waals surface area (Å²) in [5.41, 5.74) is 6.43. The topological polar surface area (TPSA) is 73.9 Å². The molecule has 1 atom stereocenters. The molecule has 3 N–H and O–H groups in total. The molecule has 1 unspecified atom stereocenters. The van der Waals surface area contributed by atoms with Gasteiger partial charge in [0, 0.05) is 12.2 Å². The summed E-state index contributed by atoms with van der Waals surface area (Å²) < 4.78 is 15.9. The van der Waals surface area contributed by atoms with Crippen molar-refractivity contribution in [1.29, 1.82) is 0 Å². The molecule has 0 aromatic heterocycles. The molecule has 1 rings (SSSR count). The van der Waals surface area contributed by atoms with Gasteiger partial charge in [-0.3, -0.25) is 0 Å². The lowest BCUT2D eigenvalue weighted by Gasteiger charge is -2.19. The molecular weight excluding hydrogens is 270 g/mol. The first kappa shape index (κ1) is 15.9. The van der Waals surface area contributed by atoms with Crippen molar-refractivity contribution < 1.29 is 19.3 Å². The minimum absolute atomic E-state index is 0.00557. The maximum atomic E-state index is 9.24. The highest BCUT2D eigenvalue weighted by Crippen LogP contribution is 2.45. The number of ether oxygens (including phenoxy) is 3. The number of halogens is 1. The highest BCUT2D eigenvalue weighted by molar-refractivity contribution is 6.32. The van der Waals surface area contributed by atoms with Crippen LogP contribution in [-0.2, 0) is 6.42 Å². The van der Waals surface area contributed by atoms with Crippen LogP contribution >= 0.6 is 11.6 Å². The first-order valence-corrected chi connectivity index (χ1v) is 6.28. The van der Waals surface area contributed by atoms with Gasteiger partial charge >= 0.3 is 0 Å². The number of benzene rings is 1. The van der Waals surface area contributed by atoms with Gasteiger partial charge in [0.2, 0.25) is 5.75 Å². The molecule has 0 aliphatic rings. The van der Waals surface area contributed by atoms with E-state index < -0.39 is 0 Å². The third-order valence-corrected chi connectivity index (χ3v) is 3.22. The van der Waals surface area contributed by atoms with Gasteiger partial charge < -0.3 is 25.1 Å². The summed E-state index contributed by atoms with van der Waals surface area (Å²) in [6, 6.07) is 1.75. The Kier molecular flexibility index (Phi) is 6.21. The minimum atomic E-state index is -0.0527. The second kappa shape index (κ2) is 7.43. The van der Waals surface area contributed by atoms with E-state index in [2.05, 4.69) is 0 Å². The fraction of sp³-hybridized carbons (Fsp3) is 0.538. The van der Waals surface area contributed by atoms with Gasteiger partial charge in [0.15, 0.2) is 11.5 Å². The molecule has 0 aliphatic carbocycles. The van der Waals surface area contributed by atoms with Crippen molar-refractivity contribution in [3.63, 3.8) is 0 Å². The Labute approximate surface area is 118 Å². The van der Waals surface area contributed by atoms with Gasteiger partial charge in [-0.2, -0.15) is 0 Å². The molecule has 1 aromatic rings. The van der Waals surface area contributed by atoms with Crippen LogP contribution in [0.15, 0.2) is 6.07 Å². The summed E-state index contributed by atoms with van der Waals surface area (Å²) in [7, 11) is 4.58. The Morgan fingerprint density at radius 3 is 2.16 bits per heavy atom. The number of aliphatic hydroxyl groups excluding tert-OH is 1. The maximum Gasteiger partial charge on any atom is 0.205 e. The van der Waals surface area contributed by atoms with Gasteiger partial charge in [0.1, 0.15) is 0 Å². The lowest BCUT2D eigenvalue weighted by Crippen LogP contribution is -2.20. The molecule has 0 saturated heterocycles. The molecule has 1 aromatic carbocycles. The normalized spacial score (nSPS) is 12.1. The maximum absolute atomic E-state index is 9.24. The number of methoxy groups -OCH3 is 3. The van der Waals surface area contributed by atoms with E-state index in [9.17, 15) is 5.11 Å². The summed E-state index contributed by atoms with van der Waals surface area (Å²) in [6.45, 7) is 0.386. The van der Waals surface area contributed by atoms with Crippen LogP contribution in [0.25, 0.3) is 0 Å². The van der Waals surface area contributed by atoms with E-state index in [1.807, 2.05) is 0 Å². The average molecular weight is 290 g/mol. The molecule has 0 saturated carbocycles. The molecule has 5 nitrogen and oxygen atoms in total. The number of rotatable bonds is 7. The second-order valence-electron chi connectivity index (χ2n) is 4.11. The molecule has 0 aliphatic heterocycles. The molecule has 19 heavy (non-hydrogen) atoms. The molecule has 6 heteroatoms. The predicted molar refractivity (Wildman–Crippen MR) is 74.4 cm³/mol. The lowest BCUT2D eigenvalue weighted by molar-refractivity contribution is 0.228. The highest BCUT2D eigenvalue weighted by Gasteiger charge is 2.21. The smallest absolute Gasteiger partial charge is 0.205 e. The van der Waals surface area contributed by atoms with Crippen LogP contribution in [0.5, 0.6) is 17.2 Å². The van der Waals surface area contributed by atoms with Crippen molar-refractivity contribution in [1.82, 2.24) is 0 Å². The number of nitrogens with two attached hydrogens (primary N) is 1. The van der Waals surface area contributed by atoms with Crippen LogP contribution in [0.1, 0.15) is 5.56 Å². The molecule has 0 amide bonds. The van der Waals surface area contributed by atoms with Crippen LogP contribution in [-0.4, -0.2) is 39.6 Å². The van der Waals surface area contributed by atoms with Crippen molar-refractivity contribution >= 4 is 11.6 Å². The molecule has 0 bridgehead atoms. The van der Waals surface area contributed by atoms with Crippen LogP contribution < -0.4 is 19.9 Å². The summed E-state index contributed by atoms with van der Waals surface area (Å²) in [6.07, 6.45) is 0.552. The second-order valence-corrected chi connectivity index (χ2v) is 4.51. The van der Waals surface area contributed by atoms with Crippen molar-refractivity contribution in [2.45, 2.75) is 6.42 Å². The van der Waals surface area contributed by atoms with Crippen molar-refractivity contribution in [3.05, 3.63) is 16.7 Å². The van der Waals surface area contributed by atoms with E-state index in [4.69, 9.17) is 31.5 Å². The quantitative estimate of drug-likeness (QED) is 0.795. The lowest BCUT2D eigenvalue weighted by atomic mass is 9.99. The molecule has 108 valence electrons. The van der Waals surface area contributed by atoms with Crippen LogP contribution in [0, 0.1) is 5.92 Å². The third-order valence-electron chi connectivity index (χ3n) is 2.93. The van der Waals surface area contributed by atoms with E-state index in [-0.39, 0.29) is 12.5 Å². The first-order chi connectivity index (χ1) is 9.12. The monoisotopic (exact) mass is 289 g/mol. The minimum Gasteiger partial charge on any atom is -0.492 e. The Morgan fingerprint density at radius 2 is 1.74 bits per heavy atom. The fourth-order valence-electron chi connectivity index (χ4n) is 1.93. The fourth-order valence-corrected chi connectivity index (χ4v) is 2.22. The van der Waals surface area contributed by atoms with Gasteiger partial charge in [0.25, 0.3) is 0 Å². The van der Waals surface area contributed by atoms with E-state index in [0.717, 1.165) is 5.56 Å². The summed E-state index contributed by atoms with van der Waals surface area (Å²) in [5.74, 6) is 1.37. The van der Waals surface area contributed by atoms with Crippen molar-refractivity contribution in [2.24, 2.45) is 11.7 Å². The first-order valence-electron chi connectivity index (χ1n) is 5.91. The molecule has 0 radical (unpaired) electrons. The van der Waals surface area contributed by atoms with Crippen LogP contribution in [0.2, 0.25) is 5.02 Å². The zero-order chi connectivity index (χ0) is 14.4. The van der Waals surface area contributed by atoms with Crippen molar-refractivity contribution in [3.8, 4) is 17.2 Å². The van der Waals surface area contributed by atoms with Gasteiger partial charge in [-0.1, -0.05) is 11.6 Å². The number of hydrogen-bond donors (Lipinski definition) is 2. The highest BCUT2D eigenvalue weighted by atomic mass is 35.5. The molecular formula is C13H20ClNO4. The van der Waals surface area contributed by atoms with Gasteiger partial charge in [-0.25, -0.2) is 0 Å². The summed E-state index contributed by atoms with van der Waals surface area (Å²) in [4.78, 5) is 0. The van der Waals surface area contributed by atoms with Gasteiger partial charge in [0.05, 0.1) is 26.4 Å². The van der Waals surface area contributed by atoms with Crippen molar-refractivity contribution in [2.75, 3.05) is 34.5 Å². The van der Waals surface area contributed by atoms with E-state index in [1.54, 1.807) is 13.2 Å². The van der Waals surface area contributed by atoms with Crippen LogP contribution in [0.4, 0.5) is 0 Å². The Balaban J connectivity index is 3.27. The summed E-state index contributed by atoms with van der Waals surface area (Å²) in [5, 5.41) is 9.67. The number of aliphatic hydroxyl groups is 1. The van der Waals surface area contributed by atoms with Gasteiger partial charge in [-0.05, 0) is 24.9 Å². The molecule has 0 spiro atoms. The largest absolute Gasteiger partial charge is 0.492 e. The van der Waals surface area contributed by atoms with E-state index in [0.29, 0.717) is 35.2 Å². The van der Waals surface area contributed by atoms with Gasteiger partial charge in [-0.15, -0.1) is 0 Å². The average Bonchev–Trinajstić information content (AvgIpc) is 2.43. The standard InChI is InChI=1S/C13H20ClNO4/c1-17-11-9(4-8(6-15)7-16)5-10(14)12(18-2)13(11)19-3/h5,8,16H,4,6-7,15H2,1-3H3. The van der Waals surface area contributed by atoms with Crippen LogP contribution in [0.3, 0.4) is 0 Å². The van der Waals surface area contributed by atoms with E-state index in [1.165, 1.54) is 14.2 Å². The Hall–Kier alpha value is -1.17. The zero-order valence-corrected chi connectivity index (χ0v) is 12.2. The molecule has 0 heterocycles. The Bertz CT molecular complexity index is 422. The zero-order valence-electron chi connectivity index (χ0n) is 11.4. The Morgan fingerprint density at radius 1 is 1.16 bits per heavy atom. The predicted octanol–water partition coefficient (Wildman–Crippen LogP) is 1.48. The summed E-state index contributed by atoms with van der Waals surface area (Å²) >= 11 is 6.16. The third kappa shape index (κ3) is 3.43.